The molecular weight excluding hydrogens is 386 g/mol. The summed E-state index contributed by atoms with van der Waals surface area (Å²) in [6.07, 6.45) is 1.88. The third-order valence-corrected chi connectivity index (χ3v) is 6.18. The first-order valence-electron chi connectivity index (χ1n) is 10.8. The molecule has 0 saturated carbocycles. The molecule has 1 spiro atoms. The van der Waals surface area contributed by atoms with Gasteiger partial charge in [-0.25, -0.2) is 0 Å². The van der Waals surface area contributed by atoms with Crippen LogP contribution in [0.3, 0.4) is 0 Å². The summed E-state index contributed by atoms with van der Waals surface area (Å²) in [6.45, 7) is 4.74. The Morgan fingerprint density at radius 3 is 2.39 bits per heavy atom. The molecule has 1 atom stereocenters. The normalized spacial score (nSPS) is 19.4. The van der Waals surface area contributed by atoms with Crippen molar-refractivity contribution in [3.63, 3.8) is 0 Å². The van der Waals surface area contributed by atoms with Crippen LogP contribution in [0.1, 0.15) is 41.3 Å². The molecule has 5 nitrogen and oxygen atoms in total. The van der Waals surface area contributed by atoms with Crippen LogP contribution in [0, 0.1) is 6.92 Å². The number of amides is 2. The number of benzene rings is 3. The maximum Gasteiger partial charge on any atom is 0.279 e. The third-order valence-electron chi connectivity index (χ3n) is 6.18. The van der Waals surface area contributed by atoms with Gasteiger partial charge in [-0.1, -0.05) is 61.4 Å². The van der Waals surface area contributed by atoms with Crippen molar-refractivity contribution < 1.29 is 9.59 Å². The lowest BCUT2D eigenvalue weighted by atomic mass is 9.92. The van der Waals surface area contributed by atoms with E-state index >= 15 is 0 Å². The molecule has 1 N–H and O–H groups in total. The molecule has 3 aromatic carbocycles. The van der Waals surface area contributed by atoms with E-state index in [-0.39, 0.29) is 11.8 Å². The fraction of sp³-hybridized carbons (Fsp3) is 0.231. The molecule has 1 unspecified atom stereocenters. The fourth-order valence-corrected chi connectivity index (χ4v) is 4.62. The SMILES string of the molecule is CCCCN1C(=O)C2(Nc3ccccc3C(=O)N2c2ccc(C)cc2)c2ccccc21. The molecule has 2 heterocycles. The number of carbonyl (C=O) groups excluding carboxylic acids is 2. The quantitative estimate of drug-likeness (QED) is 0.652. The predicted octanol–water partition coefficient (Wildman–Crippen LogP) is 5.07. The number of fused-ring (bicyclic) bond motifs is 3. The summed E-state index contributed by atoms with van der Waals surface area (Å²) in [5, 5.41) is 3.49. The predicted molar refractivity (Wildman–Crippen MR) is 123 cm³/mol. The van der Waals surface area contributed by atoms with Crippen LogP contribution in [0.2, 0.25) is 0 Å². The molecule has 31 heavy (non-hydrogen) atoms. The minimum Gasteiger partial charge on any atom is -0.350 e. The summed E-state index contributed by atoms with van der Waals surface area (Å²) in [5.74, 6) is -0.302. The van der Waals surface area contributed by atoms with Gasteiger partial charge in [-0.05, 0) is 43.7 Å². The van der Waals surface area contributed by atoms with Crippen molar-refractivity contribution in [1.82, 2.24) is 0 Å². The van der Waals surface area contributed by atoms with Gasteiger partial charge in [0, 0.05) is 23.5 Å². The van der Waals surface area contributed by atoms with Gasteiger partial charge >= 0.3 is 0 Å². The van der Waals surface area contributed by atoms with E-state index < -0.39 is 5.66 Å². The highest BCUT2D eigenvalue weighted by Gasteiger charge is 2.59. The second-order valence-electron chi connectivity index (χ2n) is 8.18. The number of nitrogens with one attached hydrogen (secondary N) is 1. The molecule has 0 aliphatic carbocycles. The molecule has 3 aromatic rings. The summed E-state index contributed by atoms with van der Waals surface area (Å²) in [7, 11) is 0. The van der Waals surface area contributed by atoms with Gasteiger partial charge < -0.3 is 10.2 Å². The number of aryl methyl sites for hydroxylation is 1. The van der Waals surface area contributed by atoms with Crippen molar-refractivity contribution in [2.45, 2.75) is 32.4 Å². The number of rotatable bonds is 4. The Kier molecular flexibility index (Phi) is 4.54. The molecule has 156 valence electrons. The Morgan fingerprint density at radius 1 is 0.903 bits per heavy atom. The van der Waals surface area contributed by atoms with Crippen molar-refractivity contribution >= 4 is 28.9 Å². The van der Waals surface area contributed by atoms with Gasteiger partial charge in [0.05, 0.1) is 11.3 Å². The molecule has 0 aromatic heterocycles. The topological polar surface area (TPSA) is 52.7 Å². The molecular formula is C26H25N3O2. The van der Waals surface area contributed by atoms with E-state index in [1.165, 1.54) is 0 Å². The van der Waals surface area contributed by atoms with Gasteiger partial charge in [0.1, 0.15) is 0 Å². The van der Waals surface area contributed by atoms with Crippen LogP contribution in [-0.2, 0) is 10.5 Å². The first-order valence-corrected chi connectivity index (χ1v) is 10.8. The van der Waals surface area contributed by atoms with Crippen LogP contribution in [0.15, 0.2) is 72.8 Å². The minimum absolute atomic E-state index is 0.120. The second-order valence-corrected chi connectivity index (χ2v) is 8.18. The van der Waals surface area contributed by atoms with Crippen LogP contribution < -0.4 is 15.1 Å². The summed E-state index contributed by atoms with van der Waals surface area (Å²) < 4.78 is 0. The van der Waals surface area contributed by atoms with E-state index in [4.69, 9.17) is 0 Å². The summed E-state index contributed by atoms with van der Waals surface area (Å²) >= 11 is 0. The van der Waals surface area contributed by atoms with Crippen LogP contribution in [0.25, 0.3) is 0 Å². The van der Waals surface area contributed by atoms with Gasteiger partial charge in [0.15, 0.2) is 0 Å². The molecule has 5 heteroatoms. The molecule has 0 bridgehead atoms. The first kappa shape index (κ1) is 19.4. The van der Waals surface area contributed by atoms with Crippen molar-refractivity contribution in [3.8, 4) is 0 Å². The molecule has 5 rings (SSSR count). The zero-order chi connectivity index (χ0) is 21.6. The van der Waals surface area contributed by atoms with Crippen LogP contribution >= 0.6 is 0 Å². The highest BCUT2D eigenvalue weighted by Crippen LogP contribution is 2.49. The molecule has 0 fully saturated rings. The molecule has 2 aliphatic heterocycles. The fourth-order valence-electron chi connectivity index (χ4n) is 4.62. The average Bonchev–Trinajstić information content (AvgIpc) is 3.02. The first-order chi connectivity index (χ1) is 15.1. The van der Waals surface area contributed by atoms with Crippen molar-refractivity contribution in [2.24, 2.45) is 0 Å². The molecule has 2 aliphatic rings. The molecule has 0 saturated heterocycles. The van der Waals surface area contributed by atoms with E-state index in [0.717, 1.165) is 29.7 Å². The average molecular weight is 412 g/mol. The number of anilines is 3. The number of hydrogen-bond donors (Lipinski definition) is 1. The van der Waals surface area contributed by atoms with E-state index in [0.29, 0.717) is 23.5 Å². The summed E-state index contributed by atoms with van der Waals surface area (Å²) in [4.78, 5) is 31.4. The standard InChI is InChI=1S/C26H25N3O2/c1-3-4-17-28-23-12-8-6-10-21(23)26(25(28)31)27-22-11-7-5-9-20(22)24(30)29(26)19-15-13-18(2)14-16-19/h5-16,27H,3-4,17H2,1-2H3. The Morgan fingerprint density at radius 2 is 1.61 bits per heavy atom. The largest absolute Gasteiger partial charge is 0.350 e. The molecule has 2 amide bonds. The van der Waals surface area contributed by atoms with E-state index in [1.807, 2.05) is 78.6 Å². The maximum atomic E-state index is 14.1. The van der Waals surface area contributed by atoms with Gasteiger partial charge in [-0.2, -0.15) is 0 Å². The van der Waals surface area contributed by atoms with E-state index in [9.17, 15) is 9.59 Å². The number of para-hydroxylation sites is 2. The van der Waals surface area contributed by atoms with Gasteiger partial charge in [-0.3, -0.25) is 14.5 Å². The van der Waals surface area contributed by atoms with Crippen molar-refractivity contribution in [2.75, 3.05) is 21.7 Å². The highest BCUT2D eigenvalue weighted by molar-refractivity contribution is 6.22. The Labute approximate surface area is 182 Å². The van der Waals surface area contributed by atoms with Gasteiger partial charge in [-0.15, -0.1) is 0 Å². The number of carbonyl (C=O) groups is 2. The lowest BCUT2D eigenvalue weighted by Gasteiger charge is -2.45. The number of unbranched alkanes of at least 4 members (excludes halogenated alkanes) is 1. The van der Waals surface area contributed by atoms with E-state index in [2.05, 4.69) is 12.2 Å². The molecule has 0 radical (unpaired) electrons. The second kappa shape index (κ2) is 7.27. The van der Waals surface area contributed by atoms with Crippen LogP contribution in [0.4, 0.5) is 17.1 Å². The van der Waals surface area contributed by atoms with E-state index in [1.54, 1.807) is 11.0 Å². The maximum absolute atomic E-state index is 14.1. The van der Waals surface area contributed by atoms with Gasteiger partial charge in [0.2, 0.25) is 5.66 Å². The Bertz CT molecular complexity index is 1170. The van der Waals surface area contributed by atoms with Gasteiger partial charge in [0.25, 0.3) is 11.8 Å². The van der Waals surface area contributed by atoms with Crippen LogP contribution in [0.5, 0.6) is 0 Å². The highest BCUT2D eigenvalue weighted by atomic mass is 16.2. The minimum atomic E-state index is -1.31. The monoisotopic (exact) mass is 411 g/mol. The zero-order valence-electron chi connectivity index (χ0n) is 17.8. The van der Waals surface area contributed by atoms with Crippen molar-refractivity contribution in [1.29, 1.82) is 0 Å². The number of nitrogens with zero attached hydrogens (tertiary/aromatic N) is 2. The Hall–Kier alpha value is -3.60. The van der Waals surface area contributed by atoms with Crippen molar-refractivity contribution in [3.05, 3.63) is 89.5 Å². The zero-order valence-corrected chi connectivity index (χ0v) is 17.8. The Balaban J connectivity index is 1.77. The van der Waals surface area contributed by atoms with Crippen LogP contribution in [-0.4, -0.2) is 18.4 Å². The third kappa shape index (κ3) is 2.76. The number of hydrogen-bond acceptors (Lipinski definition) is 3. The lowest BCUT2D eigenvalue weighted by molar-refractivity contribution is -0.122. The lowest BCUT2D eigenvalue weighted by Crippen LogP contribution is -2.63. The summed E-state index contributed by atoms with van der Waals surface area (Å²) in [5.41, 5.74) is 3.38. The summed E-state index contributed by atoms with van der Waals surface area (Å²) in [6, 6.07) is 23.0. The smallest absolute Gasteiger partial charge is 0.279 e.